The number of amides is 1. The number of nitrogens with one attached hydrogen (secondary N) is 2. The number of pyridine rings is 1. The van der Waals surface area contributed by atoms with Crippen molar-refractivity contribution in [2.24, 2.45) is 0 Å². The van der Waals surface area contributed by atoms with Crippen LogP contribution in [0.5, 0.6) is 11.5 Å². The van der Waals surface area contributed by atoms with Crippen LogP contribution in [0.3, 0.4) is 0 Å². The van der Waals surface area contributed by atoms with Crippen LogP contribution in [0.1, 0.15) is 17.3 Å². The number of ether oxygens (including phenoxy) is 2. The molecule has 1 heterocycles. The Hall–Kier alpha value is -3.54. The Labute approximate surface area is 158 Å². The van der Waals surface area contributed by atoms with Crippen LogP contribution >= 0.6 is 0 Å². The topological polar surface area (TPSA) is 72.5 Å². The molecule has 0 unspecified atom stereocenters. The molecule has 0 aliphatic heterocycles. The van der Waals surface area contributed by atoms with Crippen molar-refractivity contribution in [1.82, 2.24) is 4.98 Å². The molecule has 1 aromatic heterocycles. The van der Waals surface area contributed by atoms with Crippen LogP contribution in [0, 0.1) is 0 Å². The van der Waals surface area contributed by atoms with Crippen LogP contribution in [0.4, 0.5) is 17.2 Å². The average Bonchev–Trinajstić information content (AvgIpc) is 2.71. The molecule has 0 aliphatic rings. The van der Waals surface area contributed by atoms with Crippen LogP contribution in [-0.2, 0) is 0 Å². The van der Waals surface area contributed by atoms with Crippen molar-refractivity contribution >= 4 is 23.1 Å². The summed E-state index contributed by atoms with van der Waals surface area (Å²) in [7, 11) is 1.59. The molecule has 0 atom stereocenters. The van der Waals surface area contributed by atoms with Gasteiger partial charge < -0.3 is 20.1 Å². The normalized spacial score (nSPS) is 10.1. The first-order valence-electron chi connectivity index (χ1n) is 8.59. The Morgan fingerprint density at radius 2 is 1.59 bits per heavy atom. The molecular formula is C21H21N3O3. The van der Waals surface area contributed by atoms with Gasteiger partial charge in [-0.15, -0.1) is 0 Å². The van der Waals surface area contributed by atoms with Crippen molar-refractivity contribution in [2.45, 2.75) is 6.92 Å². The molecule has 6 nitrogen and oxygen atoms in total. The molecule has 3 aromatic rings. The van der Waals surface area contributed by atoms with Gasteiger partial charge in [0.2, 0.25) is 0 Å². The maximum atomic E-state index is 12.3. The molecule has 6 heteroatoms. The van der Waals surface area contributed by atoms with Gasteiger partial charge in [-0.2, -0.15) is 0 Å². The number of carbonyl (C=O) groups excluding carboxylic acids is 1. The lowest BCUT2D eigenvalue weighted by Crippen LogP contribution is -2.12. The molecule has 0 saturated carbocycles. The SMILES string of the molecule is CCOc1ccc(Nc2ccc(NC(=O)c3ccc(OC)cc3)cn2)cc1. The highest BCUT2D eigenvalue weighted by atomic mass is 16.5. The van der Waals surface area contributed by atoms with Crippen molar-refractivity contribution in [3.8, 4) is 11.5 Å². The fraction of sp³-hybridized carbons (Fsp3) is 0.143. The monoisotopic (exact) mass is 363 g/mol. The maximum Gasteiger partial charge on any atom is 0.255 e. The summed E-state index contributed by atoms with van der Waals surface area (Å²) in [6.07, 6.45) is 1.61. The van der Waals surface area contributed by atoms with Crippen molar-refractivity contribution in [1.29, 1.82) is 0 Å². The number of hydrogen-bond acceptors (Lipinski definition) is 5. The van der Waals surface area contributed by atoms with Gasteiger partial charge in [-0.1, -0.05) is 0 Å². The number of anilines is 3. The molecule has 0 fully saturated rings. The second kappa shape index (κ2) is 8.71. The van der Waals surface area contributed by atoms with E-state index in [0.717, 1.165) is 11.4 Å². The van der Waals surface area contributed by atoms with Gasteiger partial charge in [-0.05, 0) is 67.6 Å². The van der Waals surface area contributed by atoms with E-state index in [9.17, 15) is 4.79 Å². The number of rotatable bonds is 7. The molecule has 138 valence electrons. The van der Waals surface area contributed by atoms with Crippen molar-refractivity contribution in [2.75, 3.05) is 24.4 Å². The highest BCUT2D eigenvalue weighted by Gasteiger charge is 2.07. The standard InChI is InChI=1S/C21H21N3O3/c1-3-27-19-11-6-16(7-12-19)23-20-13-8-17(14-22-20)24-21(25)15-4-9-18(26-2)10-5-15/h4-14H,3H2,1-2H3,(H,22,23)(H,24,25). The third-order valence-electron chi connectivity index (χ3n) is 3.81. The van der Waals surface area contributed by atoms with Crippen LogP contribution < -0.4 is 20.1 Å². The first kappa shape index (κ1) is 18.3. The molecule has 2 aromatic carbocycles. The lowest BCUT2D eigenvalue weighted by atomic mass is 10.2. The van der Waals surface area contributed by atoms with Crippen LogP contribution in [-0.4, -0.2) is 24.6 Å². The summed E-state index contributed by atoms with van der Waals surface area (Å²) in [5.41, 5.74) is 2.07. The Balaban J connectivity index is 1.60. The van der Waals surface area contributed by atoms with Crippen LogP contribution in [0.15, 0.2) is 66.9 Å². The molecule has 2 N–H and O–H groups in total. The van der Waals surface area contributed by atoms with Crippen molar-refractivity contribution in [3.63, 3.8) is 0 Å². The van der Waals surface area contributed by atoms with E-state index in [4.69, 9.17) is 9.47 Å². The van der Waals surface area contributed by atoms with Gasteiger partial charge in [0.25, 0.3) is 5.91 Å². The lowest BCUT2D eigenvalue weighted by Gasteiger charge is -2.09. The zero-order chi connectivity index (χ0) is 19.1. The van der Waals surface area contributed by atoms with E-state index >= 15 is 0 Å². The fourth-order valence-electron chi connectivity index (χ4n) is 2.44. The lowest BCUT2D eigenvalue weighted by molar-refractivity contribution is 0.102. The van der Waals surface area contributed by atoms with Gasteiger partial charge in [-0.3, -0.25) is 4.79 Å². The summed E-state index contributed by atoms with van der Waals surface area (Å²) >= 11 is 0. The number of carbonyl (C=O) groups is 1. The van der Waals surface area contributed by atoms with Crippen molar-refractivity contribution in [3.05, 3.63) is 72.4 Å². The van der Waals surface area contributed by atoms with E-state index in [0.29, 0.717) is 29.4 Å². The van der Waals surface area contributed by atoms with Crippen molar-refractivity contribution < 1.29 is 14.3 Å². The first-order valence-corrected chi connectivity index (χ1v) is 8.59. The van der Waals surface area contributed by atoms with Crippen LogP contribution in [0.2, 0.25) is 0 Å². The number of methoxy groups -OCH3 is 1. The molecule has 3 rings (SSSR count). The molecule has 0 radical (unpaired) electrons. The third kappa shape index (κ3) is 4.98. The van der Waals surface area contributed by atoms with Crippen LogP contribution in [0.25, 0.3) is 0 Å². The van der Waals surface area contributed by atoms with E-state index in [1.165, 1.54) is 0 Å². The predicted molar refractivity (Wildman–Crippen MR) is 106 cm³/mol. The molecule has 0 spiro atoms. The summed E-state index contributed by atoms with van der Waals surface area (Å²) < 4.78 is 10.5. The zero-order valence-electron chi connectivity index (χ0n) is 15.2. The summed E-state index contributed by atoms with van der Waals surface area (Å²) in [6.45, 7) is 2.59. The largest absolute Gasteiger partial charge is 0.497 e. The quantitative estimate of drug-likeness (QED) is 0.647. The van der Waals surface area contributed by atoms with E-state index in [1.807, 2.05) is 31.2 Å². The zero-order valence-corrected chi connectivity index (χ0v) is 15.2. The second-order valence-corrected chi connectivity index (χ2v) is 5.70. The van der Waals surface area contributed by atoms with Gasteiger partial charge in [0.1, 0.15) is 17.3 Å². The minimum atomic E-state index is -0.202. The predicted octanol–water partition coefficient (Wildman–Crippen LogP) is 4.48. The Bertz CT molecular complexity index is 876. The minimum absolute atomic E-state index is 0.202. The maximum absolute atomic E-state index is 12.3. The van der Waals surface area contributed by atoms with Gasteiger partial charge >= 0.3 is 0 Å². The molecule has 27 heavy (non-hydrogen) atoms. The third-order valence-corrected chi connectivity index (χ3v) is 3.81. The number of hydrogen-bond donors (Lipinski definition) is 2. The van der Waals surface area contributed by atoms with Gasteiger partial charge in [0.05, 0.1) is 25.6 Å². The van der Waals surface area contributed by atoms with Gasteiger partial charge in [-0.25, -0.2) is 4.98 Å². The van der Waals surface area contributed by atoms with E-state index in [1.54, 1.807) is 49.7 Å². The molecule has 0 saturated heterocycles. The number of aromatic nitrogens is 1. The Morgan fingerprint density at radius 3 is 2.19 bits per heavy atom. The van der Waals surface area contributed by atoms with E-state index in [-0.39, 0.29) is 5.91 Å². The second-order valence-electron chi connectivity index (χ2n) is 5.70. The number of benzene rings is 2. The Kier molecular flexibility index (Phi) is 5.89. The van der Waals surface area contributed by atoms with Gasteiger partial charge in [0.15, 0.2) is 0 Å². The molecule has 1 amide bonds. The molecule has 0 aliphatic carbocycles. The first-order chi connectivity index (χ1) is 13.2. The fourth-order valence-corrected chi connectivity index (χ4v) is 2.44. The Morgan fingerprint density at radius 1 is 0.926 bits per heavy atom. The number of nitrogens with zero attached hydrogens (tertiary/aromatic N) is 1. The average molecular weight is 363 g/mol. The summed E-state index contributed by atoms with van der Waals surface area (Å²) in [5, 5.41) is 6.03. The summed E-state index contributed by atoms with van der Waals surface area (Å²) in [5.74, 6) is 2.01. The smallest absolute Gasteiger partial charge is 0.255 e. The molecule has 0 bridgehead atoms. The highest BCUT2D eigenvalue weighted by Crippen LogP contribution is 2.20. The van der Waals surface area contributed by atoms with Gasteiger partial charge in [0, 0.05) is 11.3 Å². The molecular weight excluding hydrogens is 342 g/mol. The van der Waals surface area contributed by atoms with E-state index in [2.05, 4.69) is 15.6 Å². The highest BCUT2D eigenvalue weighted by molar-refractivity contribution is 6.04. The minimum Gasteiger partial charge on any atom is -0.497 e. The summed E-state index contributed by atoms with van der Waals surface area (Å²) in [4.78, 5) is 16.6. The summed E-state index contributed by atoms with van der Waals surface area (Å²) in [6, 6.07) is 18.2. The van der Waals surface area contributed by atoms with E-state index < -0.39 is 0 Å².